The largest absolute Gasteiger partial charge is 0.358 e. The van der Waals surface area contributed by atoms with Crippen molar-refractivity contribution in [1.29, 1.82) is 0 Å². The molecule has 1 aliphatic heterocycles. The molecule has 3 aromatic rings. The van der Waals surface area contributed by atoms with Gasteiger partial charge in [0, 0.05) is 31.7 Å². The molecular formula is C27H33FN6O2. The van der Waals surface area contributed by atoms with E-state index in [0.717, 1.165) is 11.1 Å². The summed E-state index contributed by atoms with van der Waals surface area (Å²) in [4.78, 5) is 24.3. The van der Waals surface area contributed by atoms with E-state index in [1.165, 1.54) is 6.33 Å². The van der Waals surface area contributed by atoms with Crippen molar-refractivity contribution in [1.82, 2.24) is 14.9 Å². The zero-order valence-corrected chi connectivity index (χ0v) is 21.0. The summed E-state index contributed by atoms with van der Waals surface area (Å²) in [6.07, 6.45) is 0.651. The summed E-state index contributed by atoms with van der Waals surface area (Å²) in [5.74, 6) is 0.251. The van der Waals surface area contributed by atoms with Crippen LogP contribution in [0.4, 0.5) is 21.7 Å². The Balaban J connectivity index is 1.65. The van der Waals surface area contributed by atoms with E-state index in [-0.39, 0.29) is 29.4 Å². The van der Waals surface area contributed by atoms with Gasteiger partial charge >= 0.3 is 5.69 Å². The number of benzene rings is 2. The molecule has 1 fully saturated rings. The van der Waals surface area contributed by atoms with Gasteiger partial charge in [-0.15, -0.1) is 0 Å². The molecule has 8 nitrogen and oxygen atoms in total. The average Bonchev–Trinajstić information content (AvgIpc) is 2.85. The molecule has 2 heterocycles. The van der Waals surface area contributed by atoms with Crippen LogP contribution in [0, 0.1) is 10.1 Å². The quantitative estimate of drug-likeness (QED) is 0.341. The van der Waals surface area contributed by atoms with Gasteiger partial charge in [-0.3, -0.25) is 15.0 Å². The third-order valence-electron chi connectivity index (χ3n) is 6.53. The maximum absolute atomic E-state index is 15.2. The van der Waals surface area contributed by atoms with E-state index in [1.54, 1.807) is 0 Å². The molecule has 0 unspecified atom stereocenters. The van der Waals surface area contributed by atoms with Crippen molar-refractivity contribution in [2.45, 2.75) is 58.0 Å². The second-order valence-electron chi connectivity index (χ2n) is 10.2. The average molecular weight is 493 g/mol. The van der Waals surface area contributed by atoms with Gasteiger partial charge in [-0.05, 0) is 38.3 Å². The molecule has 0 aliphatic carbocycles. The second kappa shape index (κ2) is 11.0. The zero-order chi connectivity index (χ0) is 25.7. The smallest absolute Gasteiger partial charge is 0.353 e. The monoisotopic (exact) mass is 492 g/mol. The van der Waals surface area contributed by atoms with Gasteiger partial charge in [0.2, 0.25) is 11.6 Å². The predicted octanol–water partition coefficient (Wildman–Crippen LogP) is 5.21. The lowest BCUT2D eigenvalue weighted by atomic mass is 9.97. The first-order chi connectivity index (χ1) is 17.2. The number of nitro groups is 1. The van der Waals surface area contributed by atoms with Crippen molar-refractivity contribution >= 4 is 17.3 Å². The molecule has 1 N–H and O–H groups in total. The summed E-state index contributed by atoms with van der Waals surface area (Å²) >= 11 is 0. The highest BCUT2D eigenvalue weighted by atomic mass is 19.1. The van der Waals surface area contributed by atoms with Crippen LogP contribution in [-0.4, -0.2) is 50.6 Å². The van der Waals surface area contributed by atoms with E-state index in [2.05, 4.69) is 41.0 Å². The number of aromatic nitrogens is 2. The molecule has 0 bridgehead atoms. The Bertz CT molecular complexity index is 1110. The summed E-state index contributed by atoms with van der Waals surface area (Å²) in [5.41, 5.74) is 1.61. The van der Waals surface area contributed by atoms with Crippen LogP contribution in [0.1, 0.15) is 38.3 Å². The number of hydrogen-bond donors (Lipinski definition) is 1. The maximum atomic E-state index is 15.2. The minimum atomic E-state index is -1.18. The number of rotatable bonds is 8. The molecule has 0 amide bonds. The molecule has 1 saturated heterocycles. The van der Waals surface area contributed by atoms with Crippen LogP contribution in [0.15, 0.2) is 67.0 Å². The van der Waals surface area contributed by atoms with Crippen molar-refractivity contribution in [3.8, 4) is 0 Å². The standard InChI is InChI=1S/C27H33FN6O2/c1-27(2,3)33-15-14-23(22(28)18-33)31-25-24(34(35)36)26(30-19-29-25)32(16-20-10-6-4-7-11-20)17-21-12-8-5-9-13-21/h4-13,19,22-23H,14-18H2,1-3H3,(H,29,30,31)/t22-,23+/m0/s1. The topological polar surface area (TPSA) is 87.4 Å². The first kappa shape index (κ1) is 25.5. The Morgan fingerprint density at radius 3 is 2.14 bits per heavy atom. The van der Waals surface area contributed by atoms with E-state index in [0.29, 0.717) is 26.1 Å². The van der Waals surface area contributed by atoms with Crippen molar-refractivity contribution in [3.63, 3.8) is 0 Å². The minimum absolute atomic E-state index is 0.0491. The number of hydrogen-bond acceptors (Lipinski definition) is 7. The van der Waals surface area contributed by atoms with Crippen LogP contribution >= 0.6 is 0 Å². The third-order valence-corrected chi connectivity index (χ3v) is 6.53. The van der Waals surface area contributed by atoms with Gasteiger partial charge in [0.25, 0.3) is 0 Å². The molecule has 0 spiro atoms. The highest BCUT2D eigenvalue weighted by Crippen LogP contribution is 2.35. The van der Waals surface area contributed by atoms with Gasteiger partial charge in [0.05, 0.1) is 11.0 Å². The number of likely N-dealkylation sites (tertiary alicyclic amines) is 1. The van der Waals surface area contributed by atoms with Crippen LogP contribution in [0.25, 0.3) is 0 Å². The molecule has 0 radical (unpaired) electrons. The third kappa shape index (κ3) is 6.15. The molecule has 2 aromatic carbocycles. The van der Waals surface area contributed by atoms with Gasteiger partial charge in [0.1, 0.15) is 12.5 Å². The molecule has 36 heavy (non-hydrogen) atoms. The molecule has 9 heteroatoms. The van der Waals surface area contributed by atoms with Crippen LogP contribution in [0.2, 0.25) is 0 Å². The van der Waals surface area contributed by atoms with Gasteiger partial charge in [0.15, 0.2) is 0 Å². The second-order valence-corrected chi connectivity index (χ2v) is 10.2. The lowest BCUT2D eigenvalue weighted by molar-refractivity contribution is -0.383. The fourth-order valence-corrected chi connectivity index (χ4v) is 4.54. The van der Waals surface area contributed by atoms with Gasteiger partial charge in [-0.25, -0.2) is 14.4 Å². The maximum Gasteiger partial charge on any atom is 0.353 e. The van der Waals surface area contributed by atoms with Crippen LogP contribution < -0.4 is 10.2 Å². The number of nitrogens with one attached hydrogen (secondary N) is 1. The highest BCUT2D eigenvalue weighted by molar-refractivity contribution is 5.70. The van der Waals surface area contributed by atoms with E-state index in [9.17, 15) is 10.1 Å². The molecule has 4 rings (SSSR count). The van der Waals surface area contributed by atoms with Crippen LogP contribution in [-0.2, 0) is 13.1 Å². The van der Waals surface area contributed by atoms with Crippen molar-refractivity contribution in [2.24, 2.45) is 0 Å². The zero-order valence-electron chi connectivity index (χ0n) is 21.0. The molecular weight excluding hydrogens is 459 g/mol. The predicted molar refractivity (Wildman–Crippen MR) is 140 cm³/mol. The van der Waals surface area contributed by atoms with E-state index in [4.69, 9.17) is 0 Å². The minimum Gasteiger partial charge on any atom is -0.358 e. The molecule has 1 aliphatic rings. The Labute approximate surface area is 211 Å². The number of anilines is 2. The molecule has 1 aromatic heterocycles. The van der Waals surface area contributed by atoms with Crippen LogP contribution in [0.3, 0.4) is 0 Å². The SMILES string of the molecule is CC(C)(C)N1CC[C@@H](Nc2ncnc(N(Cc3ccccc3)Cc3ccccc3)c2[N+](=O)[O-])[C@@H](F)C1. The van der Waals surface area contributed by atoms with Gasteiger partial charge < -0.3 is 10.2 Å². The van der Waals surface area contributed by atoms with Gasteiger partial charge in [-0.2, -0.15) is 0 Å². The Kier molecular flexibility index (Phi) is 7.79. The number of alkyl halides is 1. The number of nitrogens with zero attached hydrogens (tertiary/aromatic N) is 5. The highest BCUT2D eigenvalue weighted by Gasteiger charge is 2.36. The van der Waals surface area contributed by atoms with Crippen LogP contribution in [0.5, 0.6) is 0 Å². The summed E-state index contributed by atoms with van der Waals surface area (Å²) in [6.45, 7) is 7.98. The fourth-order valence-electron chi connectivity index (χ4n) is 4.54. The van der Waals surface area contributed by atoms with E-state index in [1.807, 2.05) is 65.6 Å². The Morgan fingerprint density at radius 2 is 1.64 bits per heavy atom. The lowest BCUT2D eigenvalue weighted by Crippen LogP contribution is -2.54. The van der Waals surface area contributed by atoms with Gasteiger partial charge in [-0.1, -0.05) is 60.7 Å². The molecule has 2 atom stereocenters. The van der Waals surface area contributed by atoms with E-state index < -0.39 is 17.1 Å². The number of halogens is 1. The Morgan fingerprint density at radius 1 is 1.06 bits per heavy atom. The summed E-state index contributed by atoms with van der Waals surface area (Å²) < 4.78 is 15.2. The van der Waals surface area contributed by atoms with Crippen molar-refractivity contribution < 1.29 is 9.31 Å². The summed E-state index contributed by atoms with van der Waals surface area (Å²) in [7, 11) is 0. The summed E-state index contributed by atoms with van der Waals surface area (Å²) in [6, 6.07) is 18.9. The first-order valence-electron chi connectivity index (χ1n) is 12.2. The van der Waals surface area contributed by atoms with E-state index >= 15 is 4.39 Å². The van der Waals surface area contributed by atoms with Crippen molar-refractivity contribution in [2.75, 3.05) is 23.3 Å². The van der Waals surface area contributed by atoms with Crippen molar-refractivity contribution in [3.05, 3.63) is 88.2 Å². The molecule has 0 saturated carbocycles. The Hall–Kier alpha value is -3.59. The summed E-state index contributed by atoms with van der Waals surface area (Å²) in [5, 5.41) is 15.4. The lowest BCUT2D eigenvalue weighted by Gasteiger charge is -2.42. The normalized spacial score (nSPS) is 18.6. The molecule has 190 valence electrons. The number of piperidine rings is 1. The fraction of sp³-hybridized carbons (Fsp3) is 0.407. The first-order valence-corrected chi connectivity index (χ1v) is 12.2.